The van der Waals surface area contributed by atoms with E-state index in [-0.39, 0.29) is 0 Å². The van der Waals surface area contributed by atoms with Crippen molar-refractivity contribution in [3.05, 3.63) is 24.8 Å². The zero-order chi connectivity index (χ0) is 9.26. The van der Waals surface area contributed by atoms with Crippen molar-refractivity contribution < 1.29 is 0 Å². The van der Waals surface area contributed by atoms with Crippen LogP contribution in [-0.4, -0.2) is 0 Å². The van der Waals surface area contributed by atoms with Gasteiger partial charge in [-0.2, -0.15) is 0 Å². The van der Waals surface area contributed by atoms with Gasteiger partial charge in [0.05, 0.1) is 0 Å². The third-order valence-electron chi connectivity index (χ3n) is 3.95. The summed E-state index contributed by atoms with van der Waals surface area (Å²) in [4.78, 5) is 0. The fourth-order valence-electron chi connectivity index (χ4n) is 3.23. The molecule has 2 aliphatic carbocycles. The molecule has 0 aromatic rings. The Morgan fingerprint density at radius 2 is 2.08 bits per heavy atom. The molecular formula is C13H20. The normalized spacial score (nSPS) is 39.7. The van der Waals surface area contributed by atoms with E-state index in [1.165, 1.54) is 44.1 Å². The summed E-state index contributed by atoms with van der Waals surface area (Å²) < 4.78 is 0. The number of fused-ring (bicyclic) bond motifs is 1. The van der Waals surface area contributed by atoms with Crippen LogP contribution in [0.3, 0.4) is 0 Å². The van der Waals surface area contributed by atoms with Gasteiger partial charge in [0.2, 0.25) is 0 Å². The second-order valence-corrected chi connectivity index (χ2v) is 4.75. The second-order valence-electron chi connectivity index (χ2n) is 4.75. The second kappa shape index (κ2) is 3.69. The first kappa shape index (κ1) is 9.05. The first-order chi connectivity index (χ1) is 6.31. The molecule has 0 heteroatoms. The molecule has 0 saturated heterocycles. The minimum Gasteiger partial charge on any atom is -0.103 e. The molecule has 0 heterocycles. The quantitative estimate of drug-likeness (QED) is 0.531. The molecule has 0 aliphatic heterocycles. The zero-order valence-corrected chi connectivity index (χ0v) is 8.47. The fourth-order valence-corrected chi connectivity index (χ4v) is 3.23. The smallest absolute Gasteiger partial charge is 0.0205 e. The molecule has 13 heavy (non-hydrogen) atoms. The van der Waals surface area contributed by atoms with Gasteiger partial charge < -0.3 is 0 Å². The molecule has 0 N–H and O–H groups in total. The highest BCUT2D eigenvalue weighted by atomic mass is 14.4. The minimum atomic E-state index is 0.812. The third kappa shape index (κ3) is 1.72. The van der Waals surface area contributed by atoms with Crippen LogP contribution in [0.1, 0.15) is 38.5 Å². The molecule has 0 bridgehead atoms. The lowest BCUT2D eigenvalue weighted by Gasteiger charge is -2.41. The topological polar surface area (TPSA) is 0 Å². The van der Waals surface area contributed by atoms with E-state index in [1.807, 2.05) is 0 Å². The predicted octanol–water partition coefficient (Wildman–Crippen LogP) is 3.95. The molecule has 3 atom stereocenters. The molecule has 0 spiro atoms. The maximum absolute atomic E-state index is 4.13. The summed E-state index contributed by atoms with van der Waals surface area (Å²) in [6, 6.07) is 0. The molecule has 0 amide bonds. The van der Waals surface area contributed by atoms with Gasteiger partial charge in [-0.3, -0.25) is 0 Å². The molecule has 72 valence electrons. The van der Waals surface area contributed by atoms with Crippen LogP contribution in [0.4, 0.5) is 0 Å². The largest absolute Gasteiger partial charge is 0.103 e. The Kier molecular flexibility index (Phi) is 2.57. The van der Waals surface area contributed by atoms with Crippen molar-refractivity contribution in [3.63, 3.8) is 0 Å². The Labute approximate surface area is 81.7 Å². The maximum Gasteiger partial charge on any atom is -0.0205 e. The van der Waals surface area contributed by atoms with Gasteiger partial charge in [0.1, 0.15) is 0 Å². The minimum absolute atomic E-state index is 0.812. The zero-order valence-electron chi connectivity index (χ0n) is 8.47. The van der Waals surface area contributed by atoms with Crippen molar-refractivity contribution in [1.82, 2.24) is 0 Å². The molecular weight excluding hydrogens is 156 g/mol. The van der Waals surface area contributed by atoms with Crippen LogP contribution in [0.2, 0.25) is 0 Å². The maximum atomic E-state index is 4.13. The van der Waals surface area contributed by atoms with E-state index >= 15 is 0 Å². The first-order valence-corrected chi connectivity index (χ1v) is 5.60. The lowest BCUT2D eigenvalue weighted by Crippen LogP contribution is -2.30. The van der Waals surface area contributed by atoms with Crippen LogP contribution >= 0.6 is 0 Å². The molecule has 2 aliphatic rings. The fraction of sp³-hybridized carbons (Fsp3) is 0.692. The lowest BCUT2D eigenvalue weighted by molar-refractivity contribution is 0.153. The van der Waals surface area contributed by atoms with Crippen molar-refractivity contribution in [2.45, 2.75) is 38.5 Å². The van der Waals surface area contributed by atoms with Crippen LogP contribution < -0.4 is 0 Å². The van der Waals surface area contributed by atoms with E-state index in [1.54, 1.807) is 0 Å². The molecule has 2 saturated carbocycles. The van der Waals surface area contributed by atoms with Crippen molar-refractivity contribution >= 4 is 0 Å². The van der Waals surface area contributed by atoms with Crippen molar-refractivity contribution in [3.8, 4) is 0 Å². The van der Waals surface area contributed by atoms with Crippen molar-refractivity contribution in [2.24, 2.45) is 17.8 Å². The van der Waals surface area contributed by atoms with Gasteiger partial charge in [-0.15, -0.1) is 6.58 Å². The molecule has 0 radical (unpaired) electrons. The first-order valence-electron chi connectivity index (χ1n) is 5.60. The van der Waals surface area contributed by atoms with E-state index in [9.17, 15) is 0 Å². The van der Waals surface area contributed by atoms with Crippen LogP contribution in [0, 0.1) is 17.8 Å². The Balaban J connectivity index is 2.07. The molecule has 2 rings (SSSR count). The monoisotopic (exact) mass is 176 g/mol. The average Bonchev–Trinajstić information content (AvgIpc) is 2.16. The molecule has 2 fully saturated rings. The van der Waals surface area contributed by atoms with Crippen LogP contribution in [-0.2, 0) is 0 Å². The predicted molar refractivity (Wildman–Crippen MR) is 57.5 cm³/mol. The van der Waals surface area contributed by atoms with Crippen LogP contribution in [0.5, 0.6) is 0 Å². The standard InChI is InChI=1S/C13H20/c1-3-11-5-4-6-12-9-10(2)7-8-13(11)12/h3,11-13H,1-2,4-9H2. The van der Waals surface area contributed by atoms with Gasteiger partial charge in [0.15, 0.2) is 0 Å². The number of hydrogen-bond donors (Lipinski definition) is 0. The van der Waals surface area contributed by atoms with Gasteiger partial charge in [-0.25, -0.2) is 0 Å². The van der Waals surface area contributed by atoms with Gasteiger partial charge >= 0.3 is 0 Å². The summed E-state index contributed by atoms with van der Waals surface area (Å²) in [7, 11) is 0. The summed E-state index contributed by atoms with van der Waals surface area (Å²) in [5.74, 6) is 2.70. The Morgan fingerprint density at radius 1 is 1.23 bits per heavy atom. The van der Waals surface area contributed by atoms with E-state index in [0.29, 0.717) is 0 Å². The van der Waals surface area contributed by atoms with Gasteiger partial charge in [0.25, 0.3) is 0 Å². The van der Waals surface area contributed by atoms with Gasteiger partial charge in [0, 0.05) is 0 Å². The third-order valence-corrected chi connectivity index (χ3v) is 3.95. The van der Waals surface area contributed by atoms with Crippen molar-refractivity contribution in [2.75, 3.05) is 0 Å². The average molecular weight is 176 g/mol. The number of rotatable bonds is 1. The Morgan fingerprint density at radius 3 is 2.85 bits per heavy atom. The Hall–Kier alpha value is -0.520. The molecule has 0 aromatic heterocycles. The van der Waals surface area contributed by atoms with Crippen LogP contribution in [0.25, 0.3) is 0 Å². The van der Waals surface area contributed by atoms with Gasteiger partial charge in [-0.1, -0.05) is 24.6 Å². The summed E-state index contributed by atoms with van der Waals surface area (Å²) >= 11 is 0. The van der Waals surface area contributed by atoms with E-state index in [4.69, 9.17) is 0 Å². The summed E-state index contributed by atoms with van der Waals surface area (Å²) in [5, 5.41) is 0. The van der Waals surface area contributed by atoms with Crippen LogP contribution in [0.15, 0.2) is 24.8 Å². The molecule has 3 unspecified atom stereocenters. The summed E-state index contributed by atoms with van der Waals surface area (Å²) in [5.41, 5.74) is 1.49. The summed E-state index contributed by atoms with van der Waals surface area (Å²) in [6.45, 7) is 8.10. The number of allylic oxidation sites excluding steroid dienone is 2. The summed E-state index contributed by atoms with van der Waals surface area (Å²) in [6.07, 6.45) is 10.4. The Bertz CT molecular complexity index is 214. The van der Waals surface area contributed by atoms with Crippen molar-refractivity contribution in [1.29, 1.82) is 0 Å². The SMILES string of the molecule is C=CC1CCCC2CC(=C)CCC12. The van der Waals surface area contributed by atoms with E-state index in [2.05, 4.69) is 19.2 Å². The number of hydrogen-bond acceptors (Lipinski definition) is 0. The van der Waals surface area contributed by atoms with Gasteiger partial charge in [-0.05, 0) is 49.9 Å². The lowest BCUT2D eigenvalue weighted by atomic mass is 9.65. The highest BCUT2D eigenvalue weighted by Crippen LogP contribution is 2.45. The highest BCUT2D eigenvalue weighted by molar-refractivity contribution is 5.05. The highest BCUT2D eigenvalue weighted by Gasteiger charge is 2.34. The van der Waals surface area contributed by atoms with E-state index in [0.717, 1.165) is 17.8 Å². The van der Waals surface area contributed by atoms with E-state index < -0.39 is 0 Å². The molecule has 0 nitrogen and oxygen atoms in total. The molecule has 0 aromatic carbocycles.